The molecular weight excluding hydrogens is 178 g/mol. The number of hydrogen-bond acceptors (Lipinski definition) is 3. The standard InChI is InChI=1S/C10H17N3O/c1-8(2)13-9(3-6-12-13)10(4-5-10)7-14-11/h3,6,8H,4-5,7,11H2,1-2H3. The highest BCUT2D eigenvalue weighted by molar-refractivity contribution is 5.24. The SMILES string of the molecule is CC(C)n1nccc1C1(CON)CC1. The van der Waals surface area contributed by atoms with Gasteiger partial charge in [0, 0.05) is 23.3 Å². The summed E-state index contributed by atoms with van der Waals surface area (Å²) in [5, 5.41) is 4.32. The van der Waals surface area contributed by atoms with Crippen LogP contribution in [0.15, 0.2) is 12.3 Å². The van der Waals surface area contributed by atoms with Gasteiger partial charge in [0.1, 0.15) is 0 Å². The lowest BCUT2D eigenvalue weighted by Gasteiger charge is -2.18. The van der Waals surface area contributed by atoms with Crippen LogP contribution in [0.4, 0.5) is 0 Å². The van der Waals surface area contributed by atoms with Crippen molar-refractivity contribution in [3.63, 3.8) is 0 Å². The first kappa shape index (κ1) is 9.68. The van der Waals surface area contributed by atoms with E-state index < -0.39 is 0 Å². The van der Waals surface area contributed by atoms with Crippen LogP contribution in [0.25, 0.3) is 0 Å². The van der Waals surface area contributed by atoms with Gasteiger partial charge in [-0.2, -0.15) is 5.10 Å². The zero-order valence-corrected chi connectivity index (χ0v) is 8.73. The Labute approximate surface area is 84.0 Å². The Hall–Kier alpha value is -0.870. The molecule has 2 rings (SSSR count). The lowest BCUT2D eigenvalue weighted by Crippen LogP contribution is -2.23. The summed E-state index contributed by atoms with van der Waals surface area (Å²) in [6.07, 6.45) is 4.16. The number of aromatic nitrogens is 2. The number of nitrogens with two attached hydrogens (primary N) is 1. The molecule has 1 saturated carbocycles. The second-order valence-corrected chi connectivity index (χ2v) is 4.35. The summed E-state index contributed by atoms with van der Waals surface area (Å²) in [5.41, 5.74) is 1.41. The summed E-state index contributed by atoms with van der Waals surface area (Å²) >= 11 is 0. The van der Waals surface area contributed by atoms with Crippen molar-refractivity contribution >= 4 is 0 Å². The van der Waals surface area contributed by atoms with Crippen molar-refractivity contribution in [2.75, 3.05) is 6.61 Å². The molecule has 0 aromatic carbocycles. The molecule has 0 bridgehead atoms. The van der Waals surface area contributed by atoms with Crippen molar-refractivity contribution in [2.24, 2.45) is 5.90 Å². The maximum Gasteiger partial charge on any atom is 0.0790 e. The van der Waals surface area contributed by atoms with E-state index in [0.717, 1.165) is 12.8 Å². The Morgan fingerprint density at radius 2 is 2.36 bits per heavy atom. The van der Waals surface area contributed by atoms with Crippen LogP contribution in [0.1, 0.15) is 38.4 Å². The van der Waals surface area contributed by atoms with E-state index in [9.17, 15) is 0 Å². The topological polar surface area (TPSA) is 53.1 Å². The Kier molecular flexibility index (Phi) is 2.33. The predicted octanol–water partition coefficient (Wildman–Crippen LogP) is 1.39. The van der Waals surface area contributed by atoms with Crippen LogP contribution in [0.3, 0.4) is 0 Å². The molecule has 4 heteroatoms. The molecule has 0 amide bonds. The Morgan fingerprint density at radius 3 is 2.86 bits per heavy atom. The Morgan fingerprint density at radius 1 is 1.64 bits per heavy atom. The van der Waals surface area contributed by atoms with Gasteiger partial charge in [0.15, 0.2) is 0 Å². The molecule has 14 heavy (non-hydrogen) atoms. The third-order valence-corrected chi connectivity index (χ3v) is 2.92. The van der Waals surface area contributed by atoms with Crippen LogP contribution in [0.2, 0.25) is 0 Å². The predicted molar refractivity (Wildman–Crippen MR) is 53.7 cm³/mol. The van der Waals surface area contributed by atoms with Gasteiger partial charge in [-0.05, 0) is 32.8 Å². The van der Waals surface area contributed by atoms with E-state index in [-0.39, 0.29) is 5.41 Å². The average Bonchev–Trinajstić information content (AvgIpc) is 2.76. The molecule has 1 aromatic heterocycles. The van der Waals surface area contributed by atoms with E-state index in [0.29, 0.717) is 12.6 Å². The van der Waals surface area contributed by atoms with Gasteiger partial charge in [-0.25, -0.2) is 5.90 Å². The third kappa shape index (κ3) is 1.44. The summed E-state index contributed by atoms with van der Waals surface area (Å²) in [4.78, 5) is 4.79. The van der Waals surface area contributed by atoms with Gasteiger partial charge < -0.3 is 4.84 Å². The fourth-order valence-corrected chi connectivity index (χ4v) is 1.93. The van der Waals surface area contributed by atoms with Gasteiger partial charge in [-0.1, -0.05) is 0 Å². The highest BCUT2D eigenvalue weighted by atomic mass is 16.6. The van der Waals surface area contributed by atoms with Crippen LogP contribution in [0.5, 0.6) is 0 Å². The zero-order chi connectivity index (χ0) is 10.2. The summed E-state index contributed by atoms with van der Waals surface area (Å²) in [7, 11) is 0. The molecule has 1 aliphatic carbocycles. The molecule has 2 N–H and O–H groups in total. The maximum absolute atomic E-state index is 5.16. The molecule has 1 aliphatic rings. The summed E-state index contributed by atoms with van der Waals surface area (Å²) < 4.78 is 2.06. The molecule has 0 radical (unpaired) electrons. The summed E-state index contributed by atoms with van der Waals surface area (Å²) in [6.45, 7) is 4.87. The number of nitrogens with zero attached hydrogens (tertiary/aromatic N) is 2. The monoisotopic (exact) mass is 195 g/mol. The lowest BCUT2D eigenvalue weighted by atomic mass is 10.0. The molecular formula is C10H17N3O. The fourth-order valence-electron chi connectivity index (χ4n) is 1.93. The average molecular weight is 195 g/mol. The van der Waals surface area contributed by atoms with Crippen molar-refractivity contribution in [3.8, 4) is 0 Å². The van der Waals surface area contributed by atoms with Crippen LogP contribution in [0, 0.1) is 0 Å². The second kappa shape index (κ2) is 3.37. The first-order valence-electron chi connectivity index (χ1n) is 5.05. The highest BCUT2D eigenvalue weighted by Crippen LogP contribution is 2.48. The lowest BCUT2D eigenvalue weighted by molar-refractivity contribution is 0.113. The molecule has 0 saturated heterocycles. The molecule has 0 aliphatic heterocycles. The quantitative estimate of drug-likeness (QED) is 0.738. The van der Waals surface area contributed by atoms with Crippen molar-refractivity contribution in [1.29, 1.82) is 0 Å². The van der Waals surface area contributed by atoms with Crippen LogP contribution < -0.4 is 5.90 Å². The Bertz CT molecular complexity index is 315. The van der Waals surface area contributed by atoms with E-state index in [4.69, 9.17) is 10.7 Å². The van der Waals surface area contributed by atoms with Crippen LogP contribution >= 0.6 is 0 Å². The molecule has 0 atom stereocenters. The normalized spacial score (nSPS) is 18.9. The second-order valence-electron chi connectivity index (χ2n) is 4.35. The van der Waals surface area contributed by atoms with Gasteiger partial charge in [-0.15, -0.1) is 0 Å². The van der Waals surface area contributed by atoms with Gasteiger partial charge in [0.05, 0.1) is 6.61 Å². The number of hydrogen-bond donors (Lipinski definition) is 1. The molecule has 1 fully saturated rings. The molecule has 0 spiro atoms. The minimum atomic E-state index is 0.148. The molecule has 78 valence electrons. The smallest absolute Gasteiger partial charge is 0.0790 e. The largest absolute Gasteiger partial charge is 0.304 e. The minimum Gasteiger partial charge on any atom is -0.304 e. The van der Waals surface area contributed by atoms with Crippen molar-refractivity contribution < 1.29 is 4.84 Å². The van der Waals surface area contributed by atoms with Gasteiger partial charge >= 0.3 is 0 Å². The maximum atomic E-state index is 5.16. The molecule has 4 nitrogen and oxygen atoms in total. The van der Waals surface area contributed by atoms with Gasteiger partial charge in [0.2, 0.25) is 0 Å². The molecule has 1 heterocycles. The summed E-state index contributed by atoms with van der Waals surface area (Å²) in [6, 6.07) is 2.47. The van der Waals surface area contributed by atoms with Crippen molar-refractivity contribution in [1.82, 2.24) is 9.78 Å². The zero-order valence-electron chi connectivity index (χ0n) is 8.73. The van der Waals surface area contributed by atoms with Crippen LogP contribution in [-0.4, -0.2) is 16.4 Å². The van der Waals surface area contributed by atoms with Crippen LogP contribution in [-0.2, 0) is 10.3 Å². The first-order chi connectivity index (χ1) is 6.69. The third-order valence-electron chi connectivity index (χ3n) is 2.92. The van der Waals surface area contributed by atoms with E-state index in [1.165, 1.54) is 5.69 Å². The first-order valence-corrected chi connectivity index (χ1v) is 5.05. The highest BCUT2D eigenvalue weighted by Gasteiger charge is 2.47. The van der Waals surface area contributed by atoms with E-state index in [2.05, 4.69) is 29.7 Å². The fraction of sp³-hybridized carbons (Fsp3) is 0.700. The van der Waals surface area contributed by atoms with Gasteiger partial charge in [0.25, 0.3) is 0 Å². The minimum absolute atomic E-state index is 0.148. The van der Waals surface area contributed by atoms with Gasteiger partial charge in [-0.3, -0.25) is 4.68 Å². The summed E-state index contributed by atoms with van der Waals surface area (Å²) in [5.74, 6) is 5.16. The van der Waals surface area contributed by atoms with E-state index in [1.54, 1.807) is 0 Å². The molecule has 0 unspecified atom stereocenters. The van der Waals surface area contributed by atoms with E-state index >= 15 is 0 Å². The van der Waals surface area contributed by atoms with Crippen molar-refractivity contribution in [3.05, 3.63) is 18.0 Å². The van der Waals surface area contributed by atoms with Crippen molar-refractivity contribution in [2.45, 2.75) is 38.1 Å². The van der Waals surface area contributed by atoms with E-state index in [1.807, 2.05) is 6.20 Å². The molecule has 1 aromatic rings. The number of rotatable bonds is 4. The Balaban J connectivity index is 2.27.